The third kappa shape index (κ3) is 2.95. The predicted octanol–water partition coefficient (Wildman–Crippen LogP) is 4.62. The molecule has 0 atom stereocenters. The molecule has 0 saturated heterocycles. The number of nitrogens with two attached hydrogens (primary N) is 1. The van der Waals surface area contributed by atoms with E-state index < -0.39 is 5.92 Å². The minimum absolute atomic E-state index is 0.00289. The second-order valence-corrected chi connectivity index (χ2v) is 5.34. The molecule has 0 amide bonds. The summed E-state index contributed by atoms with van der Waals surface area (Å²) >= 11 is 0. The molecule has 3 aromatic rings. The summed E-state index contributed by atoms with van der Waals surface area (Å²) in [6.45, 7) is 1.47. The van der Waals surface area contributed by atoms with Crippen LogP contribution in [-0.4, -0.2) is 9.78 Å². The zero-order valence-corrected chi connectivity index (χ0v) is 12.7. The van der Waals surface area contributed by atoms with Gasteiger partial charge in [0.15, 0.2) is 0 Å². The fourth-order valence-electron chi connectivity index (χ4n) is 2.48. The highest BCUT2D eigenvalue weighted by Gasteiger charge is 2.29. The number of rotatable bonds is 4. The lowest BCUT2D eigenvalue weighted by molar-refractivity contribution is -0.00824. The number of nitrogen functional groups attached to an aromatic ring is 1. The molecule has 3 nitrogen and oxygen atoms in total. The van der Waals surface area contributed by atoms with E-state index in [1.165, 1.54) is 19.1 Å². The van der Waals surface area contributed by atoms with Crippen molar-refractivity contribution in [3.8, 4) is 16.9 Å². The van der Waals surface area contributed by atoms with Crippen molar-refractivity contribution < 1.29 is 8.78 Å². The van der Waals surface area contributed by atoms with Crippen molar-refractivity contribution in [1.82, 2.24) is 9.78 Å². The first kappa shape index (κ1) is 15.2. The number of anilines is 1. The maximum Gasteiger partial charge on any atom is 0.273 e. The van der Waals surface area contributed by atoms with Gasteiger partial charge in [0.05, 0.1) is 11.4 Å². The summed E-state index contributed by atoms with van der Waals surface area (Å²) in [6, 6.07) is 17.5. The molecule has 0 aliphatic carbocycles. The van der Waals surface area contributed by atoms with Crippen LogP contribution in [-0.2, 0) is 5.92 Å². The molecule has 0 saturated carbocycles. The number of aromatic nitrogens is 2. The number of nitrogens with zero attached hydrogens (tertiary/aromatic N) is 2. The van der Waals surface area contributed by atoms with Gasteiger partial charge < -0.3 is 5.73 Å². The van der Waals surface area contributed by atoms with E-state index in [9.17, 15) is 8.78 Å². The SMILES string of the molecule is CCC(F)(F)c1cccc(-c2cc(N)nn2-c2ccccc2)c1. The molecule has 0 aliphatic rings. The Morgan fingerprint density at radius 2 is 1.78 bits per heavy atom. The summed E-state index contributed by atoms with van der Waals surface area (Å²) in [5.74, 6) is -2.50. The molecule has 0 radical (unpaired) electrons. The second-order valence-electron chi connectivity index (χ2n) is 5.34. The molecule has 0 aliphatic heterocycles. The maximum atomic E-state index is 14.0. The molecule has 2 N–H and O–H groups in total. The summed E-state index contributed by atoms with van der Waals surface area (Å²) in [7, 11) is 0. The van der Waals surface area contributed by atoms with E-state index in [2.05, 4.69) is 5.10 Å². The number of para-hydroxylation sites is 1. The molecule has 3 rings (SSSR count). The van der Waals surface area contributed by atoms with Crippen LogP contribution in [0, 0.1) is 0 Å². The Hall–Kier alpha value is -2.69. The summed E-state index contributed by atoms with van der Waals surface area (Å²) in [5.41, 5.74) is 7.99. The number of alkyl halides is 2. The first-order chi connectivity index (χ1) is 11.0. The van der Waals surface area contributed by atoms with Gasteiger partial charge >= 0.3 is 0 Å². The monoisotopic (exact) mass is 313 g/mol. The van der Waals surface area contributed by atoms with Gasteiger partial charge in [-0.05, 0) is 18.2 Å². The standard InChI is InChI=1S/C18H17F2N3/c1-2-18(19,20)14-8-6-7-13(11-14)16-12-17(21)22-23(16)15-9-4-3-5-10-15/h3-12H,2H2,1H3,(H2,21,22). The number of hydrogen-bond acceptors (Lipinski definition) is 2. The van der Waals surface area contributed by atoms with E-state index in [4.69, 9.17) is 5.73 Å². The highest BCUT2D eigenvalue weighted by atomic mass is 19.3. The average molecular weight is 313 g/mol. The number of benzene rings is 2. The minimum Gasteiger partial charge on any atom is -0.382 e. The van der Waals surface area contributed by atoms with Crippen molar-refractivity contribution in [2.45, 2.75) is 19.3 Å². The summed E-state index contributed by atoms with van der Waals surface area (Å²) in [5, 5.41) is 4.28. The van der Waals surface area contributed by atoms with E-state index in [-0.39, 0.29) is 12.0 Å². The molecule has 5 heteroatoms. The van der Waals surface area contributed by atoms with E-state index in [1.54, 1.807) is 22.9 Å². The molecule has 23 heavy (non-hydrogen) atoms. The maximum absolute atomic E-state index is 14.0. The van der Waals surface area contributed by atoms with Crippen LogP contribution in [0.2, 0.25) is 0 Å². The molecule has 2 aromatic carbocycles. The van der Waals surface area contributed by atoms with Gasteiger partial charge in [0.2, 0.25) is 0 Å². The van der Waals surface area contributed by atoms with Gasteiger partial charge in [-0.2, -0.15) is 5.10 Å². The van der Waals surface area contributed by atoms with E-state index in [0.717, 1.165) is 5.69 Å². The third-order valence-corrected chi connectivity index (χ3v) is 3.75. The molecule has 0 unspecified atom stereocenters. The van der Waals surface area contributed by atoms with E-state index in [1.807, 2.05) is 30.3 Å². The van der Waals surface area contributed by atoms with Gasteiger partial charge in [0.1, 0.15) is 5.82 Å². The fraction of sp³-hybridized carbons (Fsp3) is 0.167. The first-order valence-electron chi connectivity index (χ1n) is 7.41. The quantitative estimate of drug-likeness (QED) is 0.763. The van der Waals surface area contributed by atoms with Crippen molar-refractivity contribution in [3.63, 3.8) is 0 Å². The molecule has 0 spiro atoms. The Labute approximate surface area is 133 Å². The molecule has 0 fully saturated rings. The molecule has 118 valence electrons. The molecule has 0 bridgehead atoms. The fourth-order valence-corrected chi connectivity index (χ4v) is 2.48. The van der Waals surface area contributed by atoms with Gasteiger partial charge in [-0.25, -0.2) is 13.5 Å². The van der Waals surface area contributed by atoms with Crippen LogP contribution in [0.5, 0.6) is 0 Å². The van der Waals surface area contributed by atoms with Gasteiger partial charge in [-0.15, -0.1) is 0 Å². The molecular weight excluding hydrogens is 296 g/mol. The summed E-state index contributed by atoms with van der Waals surface area (Å²) in [6.07, 6.45) is -0.240. The van der Waals surface area contributed by atoms with Crippen LogP contribution >= 0.6 is 0 Å². The highest BCUT2D eigenvalue weighted by Crippen LogP contribution is 2.34. The van der Waals surface area contributed by atoms with Gasteiger partial charge in [-0.3, -0.25) is 0 Å². The normalized spacial score (nSPS) is 11.6. The lowest BCUT2D eigenvalue weighted by atomic mass is 10.0. The van der Waals surface area contributed by atoms with Crippen molar-refractivity contribution in [1.29, 1.82) is 0 Å². The Morgan fingerprint density at radius 1 is 1.04 bits per heavy atom. The van der Waals surface area contributed by atoms with Gasteiger partial charge in [0.25, 0.3) is 5.92 Å². The van der Waals surface area contributed by atoms with Crippen LogP contribution in [0.4, 0.5) is 14.6 Å². The molecule has 1 heterocycles. The Morgan fingerprint density at radius 3 is 2.48 bits per heavy atom. The van der Waals surface area contributed by atoms with Gasteiger partial charge in [-0.1, -0.05) is 43.3 Å². The van der Waals surface area contributed by atoms with Crippen LogP contribution in [0.25, 0.3) is 16.9 Å². The largest absolute Gasteiger partial charge is 0.382 e. The zero-order chi connectivity index (χ0) is 16.4. The Balaban J connectivity index is 2.12. The zero-order valence-electron chi connectivity index (χ0n) is 12.7. The summed E-state index contributed by atoms with van der Waals surface area (Å²) in [4.78, 5) is 0. The van der Waals surface area contributed by atoms with Crippen LogP contribution in [0.3, 0.4) is 0 Å². The van der Waals surface area contributed by atoms with Crippen LogP contribution in [0.1, 0.15) is 18.9 Å². The smallest absolute Gasteiger partial charge is 0.273 e. The molecule has 1 aromatic heterocycles. The lowest BCUT2D eigenvalue weighted by Gasteiger charge is -2.15. The molecular formula is C18H17F2N3. The van der Waals surface area contributed by atoms with Crippen molar-refractivity contribution in [3.05, 3.63) is 66.2 Å². The van der Waals surface area contributed by atoms with Crippen molar-refractivity contribution >= 4 is 5.82 Å². The van der Waals surface area contributed by atoms with Crippen molar-refractivity contribution in [2.24, 2.45) is 0 Å². The number of halogens is 2. The average Bonchev–Trinajstić information content (AvgIpc) is 2.98. The lowest BCUT2D eigenvalue weighted by Crippen LogP contribution is -2.11. The third-order valence-electron chi connectivity index (χ3n) is 3.75. The number of hydrogen-bond donors (Lipinski definition) is 1. The van der Waals surface area contributed by atoms with Crippen LogP contribution in [0.15, 0.2) is 60.7 Å². The predicted molar refractivity (Wildman–Crippen MR) is 87.6 cm³/mol. The van der Waals surface area contributed by atoms with E-state index in [0.29, 0.717) is 17.1 Å². The topological polar surface area (TPSA) is 43.8 Å². The van der Waals surface area contributed by atoms with E-state index >= 15 is 0 Å². The van der Waals surface area contributed by atoms with Crippen molar-refractivity contribution in [2.75, 3.05) is 5.73 Å². The highest BCUT2D eigenvalue weighted by molar-refractivity contribution is 5.66. The van der Waals surface area contributed by atoms with Crippen LogP contribution < -0.4 is 5.73 Å². The summed E-state index contributed by atoms with van der Waals surface area (Å²) < 4.78 is 29.6. The Kier molecular flexibility index (Phi) is 3.86. The Bertz CT molecular complexity index is 810. The second kappa shape index (κ2) is 5.83. The first-order valence-corrected chi connectivity index (χ1v) is 7.41. The minimum atomic E-state index is -2.85. The van der Waals surface area contributed by atoms with Gasteiger partial charge in [0, 0.05) is 23.6 Å².